The van der Waals surface area contributed by atoms with E-state index in [-0.39, 0.29) is 22.4 Å². The maximum absolute atomic E-state index is 13.0. The molecule has 0 aliphatic carbocycles. The molecule has 2 aliphatic rings. The van der Waals surface area contributed by atoms with Crippen LogP contribution < -0.4 is 20.2 Å². The molecule has 0 unspecified atom stereocenters. The molecule has 3 heterocycles. The molecule has 2 atom stereocenters. The van der Waals surface area contributed by atoms with Gasteiger partial charge in [0.05, 0.1) is 19.8 Å². The number of aromatic nitrogens is 2. The number of halogens is 1. The summed E-state index contributed by atoms with van der Waals surface area (Å²) in [5.74, 6) is 0.931. The summed E-state index contributed by atoms with van der Waals surface area (Å²) in [6, 6.07) is 22.7. The normalized spacial score (nSPS) is 19.0. The molecule has 2 saturated heterocycles. The Morgan fingerprint density at radius 2 is 1.62 bits per heavy atom. The van der Waals surface area contributed by atoms with E-state index in [1.54, 1.807) is 6.07 Å². The summed E-state index contributed by atoms with van der Waals surface area (Å²) in [4.78, 5) is 25.6. The van der Waals surface area contributed by atoms with E-state index in [0.717, 1.165) is 0 Å². The van der Waals surface area contributed by atoms with Crippen molar-refractivity contribution < 1.29 is 18.7 Å². The zero-order valence-electron chi connectivity index (χ0n) is 23.5. The maximum atomic E-state index is 13.0. The number of benzene rings is 2. The lowest BCUT2D eigenvalue weighted by molar-refractivity contribution is 0.0984. The fraction of sp³-hybridized carbons (Fsp3) is 0.433. The topological polar surface area (TPSA) is 77.0 Å². The average Bonchev–Trinajstić information content (AvgIpc) is 3.31. The second-order valence-corrected chi connectivity index (χ2v) is 16.0. The molecule has 1 aromatic heterocycles. The SMILES string of the molecule is C[C@H](C[C@@H]1CN(c2cc(Cl)nc(N3CCOCC3)n2)C(=O)O1)O[Si](c1ccccc1)(c1ccccc1)C(C)(C)C. The molecule has 5 rings (SSSR count). The van der Waals surface area contributed by atoms with E-state index >= 15 is 0 Å². The first-order valence-electron chi connectivity index (χ1n) is 13.8. The van der Waals surface area contributed by atoms with Gasteiger partial charge in [-0.15, -0.1) is 0 Å². The molecule has 40 heavy (non-hydrogen) atoms. The third kappa shape index (κ3) is 5.88. The highest BCUT2D eigenvalue weighted by atomic mass is 35.5. The van der Waals surface area contributed by atoms with Gasteiger partial charge in [-0.25, -0.2) is 9.78 Å². The Labute approximate surface area is 242 Å². The van der Waals surface area contributed by atoms with Crippen LogP contribution in [0.2, 0.25) is 10.2 Å². The second kappa shape index (κ2) is 11.9. The Hall–Kier alpha value is -2.98. The van der Waals surface area contributed by atoms with Crippen LogP contribution in [0.15, 0.2) is 66.7 Å². The van der Waals surface area contributed by atoms with E-state index < -0.39 is 14.4 Å². The van der Waals surface area contributed by atoms with Crippen molar-refractivity contribution in [2.45, 2.75) is 51.4 Å². The maximum Gasteiger partial charge on any atom is 0.415 e. The van der Waals surface area contributed by atoms with Crippen LogP contribution in [0, 0.1) is 0 Å². The summed E-state index contributed by atoms with van der Waals surface area (Å²) in [7, 11) is -2.72. The number of hydrogen-bond donors (Lipinski definition) is 0. The first kappa shape index (κ1) is 28.5. The molecule has 0 bridgehead atoms. The van der Waals surface area contributed by atoms with Gasteiger partial charge < -0.3 is 18.8 Å². The number of cyclic esters (lactones) is 1. The molecule has 2 aliphatic heterocycles. The van der Waals surface area contributed by atoms with E-state index in [4.69, 9.17) is 25.5 Å². The number of rotatable bonds is 8. The van der Waals surface area contributed by atoms with Gasteiger partial charge >= 0.3 is 6.09 Å². The first-order valence-corrected chi connectivity index (χ1v) is 16.1. The Morgan fingerprint density at radius 3 is 2.20 bits per heavy atom. The van der Waals surface area contributed by atoms with E-state index in [1.807, 2.05) is 17.0 Å². The minimum absolute atomic E-state index is 0.143. The summed E-state index contributed by atoms with van der Waals surface area (Å²) in [6.07, 6.45) is -0.393. The van der Waals surface area contributed by atoms with Gasteiger partial charge in [0.25, 0.3) is 8.32 Å². The monoisotopic (exact) mass is 580 g/mol. The zero-order chi connectivity index (χ0) is 28.3. The molecular formula is C30H37ClN4O4Si. The summed E-state index contributed by atoms with van der Waals surface area (Å²) in [6.45, 7) is 11.8. The van der Waals surface area contributed by atoms with E-state index in [2.05, 4.69) is 86.2 Å². The Kier molecular flexibility index (Phi) is 8.46. The highest BCUT2D eigenvalue weighted by Crippen LogP contribution is 2.38. The molecular weight excluding hydrogens is 544 g/mol. The molecule has 212 valence electrons. The standard InChI is InChI=1S/C30H37ClN4O4Si/c1-22(39-40(30(2,3)4,24-11-7-5-8-12-24)25-13-9-6-10-14-25)19-23-21-35(29(36)38-23)27-20-26(31)32-28(33-27)34-15-17-37-18-16-34/h5-14,20,22-23H,15-19,21H2,1-4H3/t22-,23-/m1/s1. The number of amides is 1. The van der Waals surface area contributed by atoms with Gasteiger partial charge in [0.1, 0.15) is 17.1 Å². The summed E-state index contributed by atoms with van der Waals surface area (Å²) >= 11 is 6.34. The Balaban J connectivity index is 1.36. The van der Waals surface area contributed by atoms with Gasteiger partial charge in [-0.1, -0.05) is 93.0 Å². The lowest BCUT2D eigenvalue weighted by Gasteiger charge is -2.45. The van der Waals surface area contributed by atoms with E-state index in [9.17, 15) is 4.79 Å². The molecule has 1 amide bonds. The van der Waals surface area contributed by atoms with Crippen LogP contribution in [0.3, 0.4) is 0 Å². The lowest BCUT2D eigenvalue weighted by Crippen LogP contribution is -2.67. The van der Waals surface area contributed by atoms with Crippen molar-refractivity contribution in [2.24, 2.45) is 0 Å². The zero-order valence-corrected chi connectivity index (χ0v) is 25.3. The third-order valence-electron chi connectivity index (χ3n) is 7.50. The van der Waals surface area contributed by atoms with Crippen LogP contribution in [0.25, 0.3) is 0 Å². The fourth-order valence-corrected chi connectivity index (χ4v) is 10.6. The summed E-state index contributed by atoms with van der Waals surface area (Å²) in [5.41, 5.74) is 0. The van der Waals surface area contributed by atoms with Gasteiger partial charge in [-0.2, -0.15) is 4.98 Å². The van der Waals surface area contributed by atoms with Crippen LogP contribution in [0.5, 0.6) is 0 Å². The van der Waals surface area contributed by atoms with E-state index in [0.29, 0.717) is 51.0 Å². The van der Waals surface area contributed by atoms with Gasteiger partial charge in [0.15, 0.2) is 0 Å². The van der Waals surface area contributed by atoms with Crippen molar-refractivity contribution >= 4 is 48.2 Å². The van der Waals surface area contributed by atoms with Crippen molar-refractivity contribution in [3.63, 3.8) is 0 Å². The summed E-state index contributed by atoms with van der Waals surface area (Å²) < 4.78 is 18.5. The predicted octanol–water partition coefficient (Wildman–Crippen LogP) is 4.65. The van der Waals surface area contributed by atoms with Gasteiger partial charge in [-0.3, -0.25) is 4.90 Å². The number of anilines is 2. The number of carbonyl (C=O) groups is 1. The Morgan fingerprint density at radius 1 is 1.02 bits per heavy atom. The van der Waals surface area contributed by atoms with Crippen LogP contribution in [-0.4, -0.2) is 69.4 Å². The van der Waals surface area contributed by atoms with Gasteiger partial charge in [0, 0.05) is 31.7 Å². The number of nitrogens with zero attached hydrogens (tertiary/aromatic N) is 4. The van der Waals surface area contributed by atoms with Crippen molar-refractivity contribution in [3.05, 3.63) is 71.9 Å². The number of ether oxygens (including phenoxy) is 2. The van der Waals surface area contributed by atoms with Crippen LogP contribution in [-0.2, 0) is 13.9 Å². The quantitative estimate of drug-likeness (QED) is 0.284. The van der Waals surface area contributed by atoms with E-state index in [1.165, 1.54) is 15.3 Å². The largest absolute Gasteiger partial charge is 0.444 e. The van der Waals surface area contributed by atoms with Crippen molar-refractivity contribution in [3.8, 4) is 0 Å². The Bertz CT molecular complexity index is 1260. The van der Waals surface area contributed by atoms with Crippen molar-refractivity contribution in [1.29, 1.82) is 0 Å². The smallest absolute Gasteiger partial charge is 0.415 e. The van der Waals surface area contributed by atoms with Crippen LogP contribution in [0.1, 0.15) is 34.1 Å². The predicted molar refractivity (Wildman–Crippen MR) is 160 cm³/mol. The second-order valence-electron chi connectivity index (χ2n) is 11.4. The summed E-state index contributed by atoms with van der Waals surface area (Å²) in [5, 5.41) is 2.58. The molecule has 8 nitrogen and oxygen atoms in total. The fourth-order valence-electron chi connectivity index (χ4n) is 5.68. The highest BCUT2D eigenvalue weighted by molar-refractivity contribution is 6.99. The first-order chi connectivity index (χ1) is 19.2. The van der Waals surface area contributed by atoms with Gasteiger partial charge in [-0.05, 0) is 22.3 Å². The van der Waals surface area contributed by atoms with Crippen molar-refractivity contribution in [1.82, 2.24) is 9.97 Å². The molecule has 3 aromatic rings. The molecule has 0 spiro atoms. The molecule has 0 saturated carbocycles. The van der Waals surface area contributed by atoms with Gasteiger partial charge in [0.2, 0.25) is 5.95 Å². The molecule has 2 fully saturated rings. The van der Waals surface area contributed by atoms with Crippen LogP contribution in [0.4, 0.5) is 16.6 Å². The average molecular weight is 581 g/mol. The molecule has 10 heteroatoms. The molecule has 0 N–H and O–H groups in total. The number of morpholine rings is 1. The molecule has 2 aromatic carbocycles. The number of hydrogen-bond acceptors (Lipinski definition) is 7. The number of carbonyl (C=O) groups excluding carboxylic acids is 1. The third-order valence-corrected chi connectivity index (χ3v) is 12.9. The molecule has 0 radical (unpaired) electrons. The minimum atomic E-state index is -2.72. The lowest BCUT2D eigenvalue weighted by atomic mass is 10.2. The van der Waals surface area contributed by atoms with Crippen LogP contribution >= 0.6 is 11.6 Å². The minimum Gasteiger partial charge on any atom is -0.444 e. The van der Waals surface area contributed by atoms with Crippen molar-refractivity contribution in [2.75, 3.05) is 42.6 Å². The highest BCUT2D eigenvalue weighted by Gasteiger charge is 2.51.